The van der Waals surface area contributed by atoms with Gasteiger partial charge in [0.05, 0.1) is 31.2 Å². The number of amides is 1. The molecule has 1 aliphatic rings. The molecule has 0 bridgehead atoms. The van der Waals surface area contributed by atoms with Crippen LogP contribution in [0.3, 0.4) is 0 Å². The summed E-state index contributed by atoms with van der Waals surface area (Å²) in [5, 5.41) is 11.3. The average molecular weight is 490 g/mol. The second-order valence-electron chi connectivity index (χ2n) is 8.52. The average Bonchev–Trinajstić information content (AvgIpc) is 3.50. The Morgan fingerprint density at radius 1 is 1.03 bits per heavy atom. The molecular formula is C28H31N3O5. The molecule has 8 heteroatoms. The van der Waals surface area contributed by atoms with Gasteiger partial charge in [0.1, 0.15) is 17.3 Å². The first-order valence-electron chi connectivity index (χ1n) is 12.2. The van der Waals surface area contributed by atoms with Gasteiger partial charge in [-0.25, -0.2) is 4.98 Å². The second kappa shape index (κ2) is 11.6. The number of ether oxygens (including phenoxy) is 2. The fraction of sp³-hybridized carbons (Fsp3) is 0.321. The number of rotatable bonds is 11. The molecule has 1 aliphatic heterocycles. The molecule has 0 unspecified atom stereocenters. The van der Waals surface area contributed by atoms with Crippen LogP contribution in [0.25, 0.3) is 5.76 Å². The third-order valence-corrected chi connectivity index (χ3v) is 6.00. The lowest BCUT2D eigenvalue weighted by Gasteiger charge is -2.26. The molecule has 1 N–H and O–H groups in total. The summed E-state index contributed by atoms with van der Waals surface area (Å²) in [6, 6.07) is 13.5. The van der Waals surface area contributed by atoms with Gasteiger partial charge in [-0.1, -0.05) is 19.1 Å². The van der Waals surface area contributed by atoms with Crippen LogP contribution < -0.4 is 9.47 Å². The largest absolute Gasteiger partial charge is 0.507 e. The first kappa shape index (κ1) is 25.0. The molecular weight excluding hydrogens is 458 g/mol. The Morgan fingerprint density at radius 2 is 1.83 bits per heavy atom. The quantitative estimate of drug-likeness (QED) is 0.241. The van der Waals surface area contributed by atoms with Crippen LogP contribution in [0.4, 0.5) is 0 Å². The van der Waals surface area contributed by atoms with E-state index in [9.17, 15) is 14.7 Å². The van der Waals surface area contributed by atoms with Crippen LogP contribution in [0.5, 0.6) is 11.5 Å². The Balaban J connectivity index is 1.71. The van der Waals surface area contributed by atoms with Crippen molar-refractivity contribution in [1.29, 1.82) is 0 Å². The van der Waals surface area contributed by atoms with Crippen molar-refractivity contribution in [1.82, 2.24) is 14.5 Å². The Bertz CT molecular complexity index is 1220. The maximum absolute atomic E-state index is 13.3. The molecule has 1 aromatic heterocycles. The van der Waals surface area contributed by atoms with E-state index in [1.54, 1.807) is 36.8 Å². The number of imidazole rings is 1. The molecule has 2 aromatic carbocycles. The van der Waals surface area contributed by atoms with Gasteiger partial charge in [-0.15, -0.1) is 0 Å². The van der Waals surface area contributed by atoms with Gasteiger partial charge < -0.3 is 24.0 Å². The zero-order valence-corrected chi connectivity index (χ0v) is 20.6. The summed E-state index contributed by atoms with van der Waals surface area (Å²) in [4.78, 5) is 32.0. The Morgan fingerprint density at radius 3 is 2.53 bits per heavy atom. The van der Waals surface area contributed by atoms with Gasteiger partial charge in [0.2, 0.25) is 0 Å². The SMILES string of the molecule is CCCOc1cccc([C@@H]2C(=C(O)c3ccc(OCC)cc3)C(=O)C(=O)N2CCCn2ccnc2)c1. The second-order valence-corrected chi connectivity index (χ2v) is 8.52. The predicted molar refractivity (Wildman–Crippen MR) is 136 cm³/mol. The summed E-state index contributed by atoms with van der Waals surface area (Å²) >= 11 is 0. The number of hydrogen-bond acceptors (Lipinski definition) is 6. The van der Waals surface area contributed by atoms with E-state index in [0.717, 1.165) is 6.42 Å². The zero-order valence-electron chi connectivity index (χ0n) is 20.6. The van der Waals surface area contributed by atoms with Gasteiger partial charge in [0.25, 0.3) is 11.7 Å². The van der Waals surface area contributed by atoms with Crippen molar-refractivity contribution in [3.8, 4) is 11.5 Å². The standard InChI is InChI=1S/C28H31N3O5/c1-3-17-36-23-8-5-7-21(18-23)25-24(26(32)20-9-11-22(12-10-20)35-4-2)27(33)28(34)31(25)15-6-14-30-16-13-29-19-30/h5,7-13,16,18-19,25,32H,3-4,6,14-15,17H2,1-2H3/t25-/m1/s1. The van der Waals surface area contributed by atoms with E-state index in [4.69, 9.17) is 9.47 Å². The number of carbonyl (C=O) groups is 2. The Kier molecular flexibility index (Phi) is 8.05. The minimum atomic E-state index is -0.732. The molecule has 0 saturated carbocycles. The number of Topliss-reactive ketones (excluding diaryl/α,β-unsaturated/α-hetero) is 1. The highest BCUT2D eigenvalue weighted by Crippen LogP contribution is 2.40. The number of benzene rings is 2. The van der Waals surface area contributed by atoms with Gasteiger partial charge in [0, 0.05) is 31.0 Å². The van der Waals surface area contributed by atoms with E-state index in [-0.39, 0.29) is 11.3 Å². The topological polar surface area (TPSA) is 93.9 Å². The molecule has 1 saturated heterocycles. The third kappa shape index (κ3) is 5.43. The minimum absolute atomic E-state index is 0.0689. The lowest BCUT2D eigenvalue weighted by Crippen LogP contribution is -2.31. The fourth-order valence-electron chi connectivity index (χ4n) is 4.33. The van der Waals surface area contributed by atoms with Crippen molar-refractivity contribution in [3.05, 3.63) is 84.0 Å². The number of aliphatic hydroxyl groups excluding tert-OH is 1. The molecule has 36 heavy (non-hydrogen) atoms. The van der Waals surface area contributed by atoms with E-state index in [1.165, 1.54) is 4.90 Å². The van der Waals surface area contributed by atoms with Crippen molar-refractivity contribution in [3.63, 3.8) is 0 Å². The monoisotopic (exact) mass is 489 g/mol. The first-order chi connectivity index (χ1) is 17.5. The normalized spacial score (nSPS) is 16.9. The lowest BCUT2D eigenvalue weighted by molar-refractivity contribution is -0.139. The highest BCUT2D eigenvalue weighted by atomic mass is 16.5. The Labute approximate surface area is 210 Å². The first-order valence-corrected chi connectivity index (χ1v) is 12.2. The predicted octanol–water partition coefficient (Wildman–Crippen LogP) is 4.58. The number of aryl methyl sites for hydroxylation is 1. The van der Waals surface area contributed by atoms with E-state index in [2.05, 4.69) is 4.98 Å². The number of carbonyl (C=O) groups excluding carboxylic acids is 2. The van der Waals surface area contributed by atoms with Gasteiger partial charge >= 0.3 is 0 Å². The summed E-state index contributed by atoms with van der Waals surface area (Å²) in [7, 11) is 0. The summed E-state index contributed by atoms with van der Waals surface area (Å²) < 4.78 is 13.2. The highest BCUT2D eigenvalue weighted by molar-refractivity contribution is 6.46. The van der Waals surface area contributed by atoms with E-state index in [1.807, 2.05) is 48.9 Å². The molecule has 3 aromatic rings. The molecule has 2 heterocycles. The van der Waals surface area contributed by atoms with Crippen LogP contribution in [0.2, 0.25) is 0 Å². The zero-order chi connectivity index (χ0) is 25.5. The van der Waals surface area contributed by atoms with Crippen LogP contribution in [0, 0.1) is 0 Å². The summed E-state index contributed by atoms with van der Waals surface area (Å²) in [6.45, 7) is 5.98. The van der Waals surface area contributed by atoms with Crippen molar-refractivity contribution >= 4 is 17.4 Å². The van der Waals surface area contributed by atoms with Gasteiger partial charge in [-0.2, -0.15) is 0 Å². The minimum Gasteiger partial charge on any atom is -0.507 e. The van der Waals surface area contributed by atoms with E-state index in [0.29, 0.717) is 55.4 Å². The molecule has 188 valence electrons. The van der Waals surface area contributed by atoms with Crippen LogP contribution in [-0.2, 0) is 16.1 Å². The van der Waals surface area contributed by atoms with E-state index >= 15 is 0 Å². The number of hydrogen-bond donors (Lipinski definition) is 1. The highest BCUT2D eigenvalue weighted by Gasteiger charge is 2.45. The van der Waals surface area contributed by atoms with Crippen LogP contribution in [0.15, 0.2) is 72.8 Å². The fourth-order valence-corrected chi connectivity index (χ4v) is 4.33. The molecule has 4 rings (SSSR count). The molecule has 1 fully saturated rings. The number of ketones is 1. The number of nitrogens with zero attached hydrogens (tertiary/aromatic N) is 3. The molecule has 8 nitrogen and oxygen atoms in total. The maximum atomic E-state index is 13.3. The van der Waals surface area contributed by atoms with Gasteiger partial charge in [-0.05, 0) is 61.7 Å². The van der Waals surface area contributed by atoms with Gasteiger partial charge in [-0.3, -0.25) is 9.59 Å². The maximum Gasteiger partial charge on any atom is 0.295 e. The summed E-state index contributed by atoms with van der Waals surface area (Å²) in [5.41, 5.74) is 1.22. The molecule has 1 amide bonds. The smallest absolute Gasteiger partial charge is 0.295 e. The molecule has 1 atom stereocenters. The van der Waals surface area contributed by atoms with Crippen molar-refractivity contribution < 1.29 is 24.2 Å². The molecule has 0 aliphatic carbocycles. The lowest BCUT2D eigenvalue weighted by atomic mass is 9.95. The van der Waals surface area contributed by atoms with Crippen molar-refractivity contribution in [2.24, 2.45) is 0 Å². The van der Waals surface area contributed by atoms with Crippen LogP contribution in [0.1, 0.15) is 43.9 Å². The number of aliphatic hydroxyl groups is 1. The van der Waals surface area contributed by atoms with E-state index < -0.39 is 17.7 Å². The molecule has 0 spiro atoms. The van der Waals surface area contributed by atoms with Crippen molar-refractivity contribution in [2.45, 2.75) is 39.3 Å². The van der Waals surface area contributed by atoms with Crippen LogP contribution >= 0.6 is 0 Å². The summed E-state index contributed by atoms with van der Waals surface area (Å²) in [5.74, 6) is -0.226. The van der Waals surface area contributed by atoms with Gasteiger partial charge in [0.15, 0.2) is 0 Å². The van der Waals surface area contributed by atoms with Crippen molar-refractivity contribution in [2.75, 3.05) is 19.8 Å². The molecule has 0 radical (unpaired) electrons. The Hall–Kier alpha value is -4.07. The number of aromatic nitrogens is 2. The number of likely N-dealkylation sites (tertiary alicyclic amines) is 1. The summed E-state index contributed by atoms with van der Waals surface area (Å²) in [6.07, 6.45) is 6.74. The third-order valence-electron chi connectivity index (χ3n) is 6.00. The van der Waals surface area contributed by atoms with Crippen LogP contribution in [-0.4, -0.2) is 51.0 Å².